The number of hydrogen-bond donors (Lipinski definition) is 0. The van der Waals surface area contributed by atoms with E-state index in [9.17, 15) is 0 Å². The molecule has 1 aromatic carbocycles. The van der Waals surface area contributed by atoms with E-state index in [1.165, 1.54) is 22.1 Å². The third-order valence-corrected chi connectivity index (χ3v) is 5.99. The molecule has 0 unspecified atom stereocenters. The number of fused-ring (bicyclic) bond motifs is 3. The Balaban J connectivity index is 0.000000447. The molecular formula is C21H26IN3S. The van der Waals surface area contributed by atoms with Gasteiger partial charge in [0.25, 0.3) is 0 Å². The summed E-state index contributed by atoms with van der Waals surface area (Å²) in [5.41, 5.74) is 5.34. The summed E-state index contributed by atoms with van der Waals surface area (Å²) < 4.78 is 2.13. The first-order chi connectivity index (χ1) is 12.6. The maximum absolute atomic E-state index is 4.68. The minimum atomic E-state index is 0.833. The molecular weight excluding hydrogens is 453 g/mol. The Hall–Kier alpha value is -1.05. The van der Waals surface area contributed by atoms with Gasteiger partial charge in [-0.15, -0.1) is 0 Å². The maximum atomic E-state index is 4.68. The molecule has 26 heavy (non-hydrogen) atoms. The number of pyridine rings is 1. The van der Waals surface area contributed by atoms with Gasteiger partial charge in [0.05, 0.1) is 0 Å². The standard InChI is InChI=1S/C17H16IN3S.C4H10/c18-22-21-9-7-16-15-6-8-20(11-13-4-2-1-3-5-13)12-14(15)10-19-17(16)21;1-4(2)3/h1-5,7,9-10H,6,8,11-12H2;4H,1-3H3. The Bertz CT molecular complexity index is 842. The van der Waals surface area contributed by atoms with Crippen LogP contribution >= 0.6 is 30.3 Å². The summed E-state index contributed by atoms with van der Waals surface area (Å²) in [5.74, 6) is 0.833. The lowest BCUT2D eigenvalue weighted by atomic mass is 9.98. The molecule has 0 bridgehead atoms. The number of nitrogens with zero attached hydrogens (tertiary/aromatic N) is 3. The zero-order valence-corrected chi connectivity index (χ0v) is 18.6. The van der Waals surface area contributed by atoms with E-state index in [-0.39, 0.29) is 0 Å². The summed E-state index contributed by atoms with van der Waals surface area (Å²) in [6.07, 6.45) is 5.29. The molecule has 0 aliphatic carbocycles. The van der Waals surface area contributed by atoms with Crippen molar-refractivity contribution in [3.63, 3.8) is 0 Å². The second-order valence-electron chi connectivity index (χ2n) is 7.39. The van der Waals surface area contributed by atoms with Crippen LogP contribution in [0.5, 0.6) is 0 Å². The highest BCUT2D eigenvalue weighted by Gasteiger charge is 2.20. The summed E-state index contributed by atoms with van der Waals surface area (Å²) in [4.78, 5) is 7.19. The Morgan fingerprint density at radius 1 is 1.15 bits per heavy atom. The molecule has 3 nitrogen and oxygen atoms in total. The zero-order chi connectivity index (χ0) is 18.5. The van der Waals surface area contributed by atoms with Crippen molar-refractivity contribution in [3.8, 4) is 0 Å². The lowest BCUT2D eigenvalue weighted by Gasteiger charge is -2.29. The predicted octanol–water partition coefficient (Wildman–Crippen LogP) is 6.10. The van der Waals surface area contributed by atoms with Crippen molar-refractivity contribution in [2.75, 3.05) is 6.54 Å². The summed E-state index contributed by atoms with van der Waals surface area (Å²) in [5, 5.41) is 1.32. The molecule has 5 heteroatoms. The maximum Gasteiger partial charge on any atom is 0.150 e. The Labute approximate surface area is 172 Å². The largest absolute Gasteiger partial charge is 0.294 e. The molecule has 0 spiro atoms. The lowest BCUT2D eigenvalue weighted by Crippen LogP contribution is -2.30. The molecule has 1 aliphatic heterocycles. The fraction of sp³-hybridized carbons (Fsp3) is 0.381. The van der Waals surface area contributed by atoms with E-state index in [0.717, 1.165) is 37.6 Å². The molecule has 138 valence electrons. The van der Waals surface area contributed by atoms with Gasteiger partial charge in [0.15, 0.2) is 5.65 Å². The second-order valence-corrected chi connectivity index (χ2v) is 9.10. The van der Waals surface area contributed by atoms with Gasteiger partial charge < -0.3 is 0 Å². The minimum absolute atomic E-state index is 0.833. The topological polar surface area (TPSA) is 21.1 Å². The van der Waals surface area contributed by atoms with Crippen LogP contribution in [0.15, 0.2) is 48.8 Å². The lowest BCUT2D eigenvalue weighted by molar-refractivity contribution is 0.246. The molecule has 0 atom stereocenters. The first-order valence-corrected chi connectivity index (χ1v) is 12.4. The highest BCUT2D eigenvalue weighted by molar-refractivity contribution is 14.2. The number of halogens is 1. The quantitative estimate of drug-likeness (QED) is 0.424. The van der Waals surface area contributed by atoms with E-state index in [1.54, 1.807) is 9.12 Å². The van der Waals surface area contributed by atoms with Gasteiger partial charge in [0.2, 0.25) is 0 Å². The molecule has 0 fully saturated rings. The number of rotatable bonds is 3. The molecule has 2 aromatic heterocycles. The highest BCUT2D eigenvalue weighted by atomic mass is 127. The average molecular weight is 479 g/mol. The van der Waals surface area contributed by atoms with Crippen molar-refractivity contribution in [3.05, 3.63) is 65.5 Å². The molecule has 3 heterocycles. The molecule has 0 radical (unpaired) electrons. The van der Waals surface area contributed by atoms with Gasteiger partial charge in [-0.1, -0.05) is 51.1 Å². The number of hydrogen-bond acceptors (Lipinski definition) is 3. The van der Waals surface area contributed by atoms with Crippen molar-refractivity contribution < 1.29 is 0 Å². The van der Waals surface area contributed by atoms with Crippen molar-refractivity contribution in [1.29, 1.82) is 0 Å². The van der Waals surface area contributed by atoms with Crippen molar-refractivity contribution in [2.45, 2.75) is 40.3 Å². The van der Waals surface area contributed by atoms with Crippen LogP contribution in [0.3, 0.4) is 0 Å². The molecule has 0 saturated heterocycles. The first-order valence-electron chi connectivity index (χ1n) is 9.11. The van der Waals surface area contributed by atoms with E-state index >= 15 is 0 Å². The molecule has 1 aliphatic rings. The van der Waals surface area contributed by atoms with E-state index in [0.29, 0.717) is 0 Å². The minimum Gasteiger partial charge on any atom is -0.294 e. The van der Waals surface area contributed by atoms with Crippen molar-refractivity contribution in [2.24, 2.45) is 5.92 Å². The van der Waals surface area contributed by atoms with Crippen LogP contribution in [-0.2, 0) is 19.5 Å². The van der Waals surface area contributed by atoms with Gasteiger partial charge in [-0.25, -0.2) is 4.98 Å². The van der Waals surface area contributed by atoms with E-state index in [4.69, 9.17) is 0 Å². The normalized spacial score (nSPS) is 14.2. The van der Waals surface area contributed by atoms with E-state index in [2.05, 4.69) is 105 Å². The predicted molar refractivity (Wildman–Crippen MR) is 122 cm³/mol. The van der Waals surface area contributed by atoms with Gasteiger partial charge in [-0.3, -0.25) is 8.87 Å². The van der Waals surface area contributed by atoms with E-state index in [1.807, 2.05) is 0 Å². The summed E-state index contributed by atoms with van der Waals surface area (Å²) in [7, 11) is 1.67. The van der Waals surface area contributed by atoms with Crippen LogP contribution in [-0.4, -0.2) is 20.4 Å². The van der Waals surface area contributed by atoms with Crippen LogP contribution in [0, 0.1) is 5.92 Å². The Kier molecular flexibility index (Phi) is 7.00. The molecule has 0 N–H and O–H groups in total. The fourth-order valence-electron chi connectivity index (χ4n) is 3.21. The van der Waals surface area contributed by atoms with Crippen LogP contribution in [0.25, 0.3) is 11.0 Å². The molecule has 4 rings (SSSR count). The van der Waals surface area contributed by atoms with Gasteiger partial charge in [0.1, 0.15) is 0 Å². The third-order valence-electron chi connectivity index (χ3n) is 4.28. The van der Waals surface area contributed by atoms with Crippen LogP contribution in [0.4, 0.5) is 0 Å². The second kappa shape index (κ2) is 9.24. The Morgan fingerprint density at radius 2 is 1.88 bits per heavy atom. The summed E-state index contributed by atoms with van der Waals surface area (Å²) >= 11 is 2.30. The summed E-state index contributed by atoms with van der Waals surface area (Å²) in [6, 6.07) is 12.9. The van der Waals surface area contributed by atoms with Crippen molar-refractivity contribution >= 4 is 41.4 Å². The number of aromatic nitrogens is 2. The van der Waals surface area contributed by atoms with Crippen LogP contribution < -0.4 is 0 Å². The first kappa shape index (κ1) is 19.7. The summed E-state index contributed by atoms with van der Waals surface area (Å²) in [6.45, 7) is 9.63. The smallest absolute Gasteiger partial charge is 0.150 e. The molecule has 0 amide bonds. The van der Waals surface area contributed by atoms with E-state index < -0.39 is 0 Å². The molecule has 0 saturated carbocycles. The van der Waals surface area contributed by atoms with Gasteiger partial charge in [0, 0.05) is 67.7 Å². The van der Waals surface area contributed by atoms with Gasteiger partial charge in [-0.05, 0) is 35.1 Å². The SMILES string of the molecule is CC(C)C.ISn1ccc2c3c(cnc21)CN(Cc1ccccc1)CC3. The Morgan fingerprint density at radius 3 is 2.58 bits per heavy atom. The molecule has 3 aromatic rings. The zero-order valence-electron chi connectivity index (χ0n) is 15.7. The number of benzene rings is 1. The average Bonchev–Trinajstić information content (AvgIpc) is 3.05. The van der Waals surface area contributed by atoms with Gasteiger partial charge >= 0.3 is 0 Å². The highest BCUT2D eigenvalue weighted by Crippen LogP contribution is 2.30. The van der Waals surface area contributed by atoms with Crippen molar-refractivity contribution in [1.82, 2.24) is 13.9 Å². The van der Waals surface area contributed by atoms with Gasteiger partial charge in [-0.2, -0.15) is 0 Å². The van der Waals surface area contributed by atoms with Crippen LogP contribution in [0.2, 0.25) is 0 Å². The third kappa shape index (κ3) is 4.81. The monoisotopic (exact) mass is 479 g/mol. The fourth-order valence-corrected chi connectivity index (χ4v) is 4.48. The van der Waals surface area contributed by atoms with Crippen LogP contribution in [0.1, 0.15) is 37.5 Å².